The number of carbonyl (C=O) groups is 4. The molecule has 1 aliphatic rings. The maximum absolute atomic E-state index is 14.3. The third-order valence-electron chi connectivity index (χ3n) is 11.6. The second kappa shape index (κ2) is 21.9. The lowest BCUT2D eigenvalue weighted by atomic mass is 9.89. The molecular formula is C42H73N5O7. The molecule has 12 nitrogen and oxygen atoms in total. The van der Waals surface area contributed by atoms with Crippen LogP contribution >= 0.6 is 0 Å². The number of amides is 4. The monoisotopic (exact) mass is 760 g/mol. The Kier molecular flexibility index (Phi) is 19.1. The molecule has 0 saturated carbocycles. The lowest BCUT2D eigenvalue weighted by Crippen LogP contribution is -2.60. The molecule has 0 spiro atoms. The molecule has 3 N–H and O–H groups in total. The summed E-state index contributed by atoms with van der Waals surface area (Å²) in [4.78, 5) is 61.3. The Bertz CT molecular complexity index is 1330. The number of hydrogen-bond donors (Lipinski definition) is 3. The van der Waals surface area contributed by atoms with Gasteiger partial charge in [-0.1, -0.05) is 85.2 Å². The normalized spacial score (nSPS) is 19.9. The van der Waals surface area contributed by atoms with E-state index in [1.807, 2.05) is 90.7 Å². The molecule has 0 bridgehead atoms. The third kappa shape index (κ3) is 12.0. The summed E-state index contributed by atoms with van der Waals surface area (Å²) in [6, 6.07) is 6.85. The lowest BCUT2D eigenvalue weighted by molar-refractivity contribution is -0.148. The number of benzene rings is 1. The summed E-state index contributed by atoms with van der Waals surface area (Å²) >= 11 is 0. The molecule has 4 amide bonds. The zero-order valence-electron chi connectivity index (χ0n) is 35.7. The van der Waals surface area contributed by atoms with Crippen molar-refractivity contribution >= 4 is 23.6 Å². The van der Waals surface area contributed by atoms with Gasteiger partial charge in [-0.3, -0.25) is 24.1 Å². The van der Waals surface area contributed by atoms with E-state index in [1.165, 1.54) is 0 Å². The number of likely N-dealkylation sites (N-methyl/N-ethyl adjacent to an activating group) is 2. The molecule has 0 aliphatic carbocycles. The minimum absolute atomic E-state index is 0.0197. The summed E-state index contributed by atoms with van der Waals surface area (Å²) < 4.78 is 12.0. The Labute approximate surface area is 326 Å². The first-order valence-electron chi connectivity index (χ1n) is 20.0. The van der Waals surface area contributed by atoms with E-state index in [0.717, 1.165) is 12.8 Å². The van der Waals surface area contributed by atoms with Gasteiger partial charge in [0.25, 0.3) is 0 Å². The van der Waals surface area contributed by atoms with Crippen molar-refractivity contribution in [3.8, 4) is 0 Å². The van der Waals surface area contributed by atoms with Gasteiger partial charge in [0.15, 0.2) is 0 Å². The summed E-state index contributed by atoms with van der Waals surface area (Å²) in [5.74, 6) is -1.57. The van der Waals surface area contributed by atoms with E-state index in [4.69, 9.17) is 9.47 Å². The fourth-order valence-electron chi connectivity index (χ4n) is 7.93. The molecule has 0 aromatic heterocycles. The van der Waals surface area contributed by atoms with Crippen molar-refractivity contribution in [3.05, 3.63) is 35.9 Å². The standard InChI is InChI=1S/C42H73N5O7/c1-15-28(8)37(46(12)42(52)35(25(2)3)44-41(51)36(26(4)5)45(11)27(6)7)33(53-13)24-34(48)47-23-19-22-32(47)39(54-14)29(9)40(50)43-30(10)38(49)31-20-17-16-18-21-31/h16-18,20-21,25-30,32-33,35-39,49H,15,19,22-24H2,1-14H3,(H,43,50)(H,44,51)/t28-,29+,30+,32-,33+,35-,36-,37-,38+,39+/m0/s1. The van der Waals surface area contributed by atoms with Crippen molar-refractivity contribution in [2.45, 2.75) is 149 Å². The van der Waals surface area contributed by atoms with Crippen LogP contribution in [0.15, 0.2) is 30.3 Å². The first-order chi connectivity index (χ1) is 25.3. The quantitative estimate of drug-likeness (QED) is 0.165. The Morgan fingerprint density at radius 1 is 0.889 bits per heavy atom. The summed E-state index contributed by atoms with van der Waals surface area (Å²) in [7, 11) is 6.80. The van der Waals surface area contributed by atoms with Crippen LogP contribution < -0.4 is 10.6 Å². The fraction of sp³-hybridized carbons (Fsp3) is 0.762. The molecule has 54 heavy (non-hydrogen) atoms. The second-order valence-corrected chi connectivity index (χ2v) is 16.4. The van der Waals surface area contributed by atoms with Crippen LogP contribution in [-0.2, 0) is 28.7 Å². The van der Waals surface area contributed by atoms with Gasteiger partial charge >= 0.3 is 0 Å². The largest absolute Gasteiger partial charge is 0.386 e. The van der Waals surface area contributed by atoms with Gasteiger partial charge in [0.05, 0.1) is 54.8 Å². The van der Waals surface area contributed by atoms with Crippen molar-refractivity contribution in [3.63, 3.8) is 0 Å². The Morgan fingerprint density at radius 2 is 1.50 bits per heavy atom. The molecule has 1 heterocycles. The highest BCUT2D eigenvalue weighted by atomic mass is 16.5. The number of carbonyl (C=O) groups excluding carboxylic acids is 4. The van der Waals surface area contributed by atoms with Crippen LogP contribution in [-0.4, -0.2) is 127 Å². The number of hydrogen-bond acceptors (Lipinski definition) is 8. The number of likely N-dealkylation sites (tertiary alicyclic amines) is 1. The van der Waals surface area contributed by atoms with Crippen LogP contribution in [0.3, 0.4) is 0 Å². The molecule has 0 unspecified atom stereocenters. The van der Waals surface area contributed by atoms with Crippen LogP contribution in [0.4, 0.5) is 0 Å². The van der Waals surface area contributed by atoms with Gasteiger partial charge < -0.3 is 35.0 Å². The molecule has 12 heteroatoms. The fourth-order valence-corrected chi connectivity index (χ4v) is 7.93. The Balaban J connectivity index is 2.27. The van der Waals surface area contributed by atoms with Crippen molar-refractivity contribution in [2.75, 3.05) is 34.9 Å². The van der Waals surface area contributed by atoms with Crippen LogP contribution in [0, 0.1) is 23.7 Å². The predicted molar refractivity (Wildman–Crippen MR) is 213 cm³/mol. The molecule has 1 aliphatic heterocycles. The summed E-state index contributed by atoms with van der Waals surface area (Å²) in [6.07, 6.45) is 0.136. The Hall–Kier alpha value is -3.06. The molecule has 1 saturated heterocycles. The van der Waals surface area contributed by atoms with E-state index >= 15 is 0 Å². The highest BCUT2D eigenvalue weighted by Crippen LogP contribution is 2.30. The van der Waals surface area contributed by atoms with Gasteiger partial charge in [-0.2, -0.15) is 0 Å². The van der Waals surface area contributed by atoms with Crippen molar-refractivity contribution in [1.29, 1.82) is 0 Å². The van der Waals surface area contributed by atoms with Gasteiger partial charge in [0.1, 0.15) is 6.04 Å². The van der Waals surface area contributed by atoms with Crippen molar-refractivity contribution in [1.82, 2.24) is 25.3 Å². The number of ether oxygens (including phenoxy) is 2. The molecule has 308 valence electrons. The lowest BCUT2D eigenvalue weighted by Gasteiger charge is -2.41. The number of rotatable bonds is 21. The number of aliphatic hydroxyl groups excluding tert-OH is 1. The predicted octanol–water partition coefficient (Wildman–Crippen LogP) is 4.65. The number of nitrogens with one attached hydrogen (secondary N) is 2. The molecule has 0 radical (unpaired) electrons. The van der Waals surface area contributed by atoms with Crippen molar-refractivity contribution < 1.29 is 33.8 Å². The van der Waals surface area contributed by atoms with E-state index in [2.05, 4.69) is 17.6 Å². The van der Waals surface area contributed by atoms with E-state index in [1.54, 1.807) is 44.9 Å². The highest BCUT2D eigenvalue weighted by Gasteiger charge is 2.43. The number of methoxy groups -OCH3 is 2. The molecule has 10 atom stereocenters. The van der Waals surface area contributed by atoms with Crippen LogP contribution in [0.1, 0.15) is 107 Å². The van der Waals surface area contributed by atoms with E-state index in [-0.39, 0.29) is 59.9 Å². The highest BCUT2D eigenvalue weighted by molar-refractivity contribution is 5.90. The summed E-state index contributed by atoms with van der Waals surface area (Å²) in [6.45, 7) is 20.1. The molecule has 1 aromatic carbocycles. The van der Waals surface area contributed by atoms with Gasteiger partial charge in [0.2, 0.25) is 23.6 Å². The van der Waals surface area contributed by atoms with Crippen LogP contribution in [0.5, 0.6) is 0 Å². The molecule has 1 fully saturated rings. The topological polar surface area (TPSA) is 141 Å². The third-order valence-corrected chi connectivity index (χ3v) is 11.6. The van der Waals surface area contributed by atoms with Crippen LogP contribution in [0.25, 0.3) is 0 Å². The van der Waals surface area contributed by atoms with Gasteiger partial charge in [-0.05, 0) is 64.0 Å². The molecule has 1 aromatic rings. The minimum atomic E-state index is -0.877. The average Bonchev–Trinajstić information content (AvgIpc) is 3.62. The van der Waals surface area contributed by atoms with Crippen molar-refractivity contribution in [2.24, 2.45) is 23.7 Å². The first-order valence-corrected chi connectivity index (χ1v) is 20.0. The maximum atomic E-state index is 14.3. The average molecular weight is 760 g/mol. The van der Waals surface area contributed by atoms with Gasteiger partial charge in [0, 0.05) is 33.9 Å². The zero-order valence-corrected chi connectivity index (χ0v) is 35.7. The second-order valence-electron chi connectivity index (χ2n) is 16.4. The van der Waals surface area contributed by atoms with E-state index < -0.39 is 48.4 Å². The maximum Gasteiger partial charge on any atom is 0.245 e. The first kappa shape index (κ1) is 47.1. The molecular weight excluding hydrogens is 686 g/mol. The minimum Gasteiger partial charge on any atom is -0.386 e. The molecule has 2 rings (SSSR count). The summed E-state index contributed by atoms with van der Waals surface area (Å²) in [5.41, 5.74) is 0.711. The Morgan fingerprint density at radius 3 is 2.00 bits per heavy atom. The van der Waals surface area contributed by atoms with Gasteiger partial charge in [-0.15, -0.1) is 0 Å². The smallest absolute Gasteiger partial charge is 0.245 e. The summed E-state index contributed by atoms with van der Waals surface area (Å²) in [5, 5.41) is 16.9. The zero-order chi connectivity index (χ0) is 41.0. The van der Waals surface area contributed by atoms with Crippen LogP contribution in [0.2, 0.25) is 0 Å². The number of aliphatic hydroxyl groups is 1. The van der Waals surface area contributed by atoms with E-state index in [9.17, 15) is 24.3 Å². The number of nitrogens with zero attached hydrogens (tertiary/aromatic N) is 3. The SMILES string of the molecule is CC[C@H](C)[C@@H]([C@@H](CC(=O)N1CCC[C@H]1[C@H](OC)[C@@H](C)C(=O)N[C@H](C)[C@@H](O)c1ccccc1)OC)N(C)C(=O)[C@@H](NC(=O)[C@H](C(C)C)N(C)C(C)C)C(C)C. The van der Waals surface area contributed by atoms with Gasteiger partial charge in [-0.25, -0.2) is 0 Å². The van der Waals surface area contributed by atoms with E-state index in [0.29, 0.717) is 18.5 Å².